The number of aromatic carboxylic acids is 1. The largest absolute Gasteiger partial charge is 0.476 e. The van der Waals surface area contributed by atoms with Crippen LogP contribution in [0.2, 0.25) is 0 Å². The van der Waals surface area contributed by atoms with Crippen LogP contribution in [-0.2, 0) is 0 Å². The maximum atomic E-state index is 10.5. The first-order valence-corrected chi connectivity index (χ1v) is 5.97. The molecule has 84 valence electrons. The molecule has 6 heteroatoms. The summed E-state index contributed by atoms with van der Waals surface area (Å²) in [6.07, 6.45) is 4.15. The van der Waals surface area contributed by atoms with E-state index in [4.69, 9.17) is 9.52 Å². The van der Waals surface area contributed by atoms with Crippen LogP contribution in [0.4, 0.5) is 6.01 Å². The maximum Gasteiger partial charge on any atom is 0.357 e. The van der Waals surface area contributed by atoms with Crippen LogP contribution in [0.15, 0.2) is 10.7 Å². The summed E-state index contributed by atoms with van der Waals surface area (Å²) >= 11 is 1.77. The van der Waals surface area contributed by atoms with Gasteiger partial charge >= 0.3 is 5.97 Å². The Hall–Kier alpha value is -1.17. The Balaban J connectivity index is 2.46. The second kappa shape index (κ2) is 5.65. The van der Waals surface area contributed by atoms with Gasteiger partial charge in [-0.15, -0.1) is 0 Å². The van der Waals surface area contributed by atoms with E-state index in [0.29, 0.717) is 0 Å². The van der Waals surface area contributed by atoms with Crippen LogP contribution in [0.5, 0.6) is 0 Å². The van der Waals surface area contributed by atoms with Crippen LogP contribution in [0.3, 0.4) is 0 Å². The van der Waals surface area contributed by atoms with Gasteiger partial charge in [0.2, 0.25) is 0 Å². The van der Waals surface area contributed by atoms with E-state index < -0.39 is 5.97 Å². The SMILES string of the molecule is CSCCC(C)Nc1nc(C(=O)O)co1. The number of oxazole rings is 1. The Bertz CT molecular complexity index is 327. The van der Waals surface area contributed by atoms with E-state index >= 15 is 0 Å². The standard InChI is InChI=1S/C9H14N2O3S/c1-6(3-4-15-2)10-9-11-7(5-14-9)8(12)13/h5-6H,3-4H2,1-2H3,(H,10,11)(H,12,13). The third kappa shape index (κ3) is 3.83. The third-order valence-electron chi connectivity index (χ3n) is 1.85. The molecule has 1 aromatic heterocycles. The molecular formula is C9H14N2O3S. The van der Waals surface area contributed by atoms with E-state index in [1.54, 1.807) is 11.8 Å². The number of hydrogen-bond donors (Lipinski definition) is 2. The van der Waals surface area contributed by atoms with Gasteiger partial charge in [0.05, 0.1) is 0 Å². The molecule has 0 spiro atoms. The number of anilines is 1. The molecule has 0 aliphatic rings. The first-order chi connectivity index (χ1) is 7.13. The molecule has 0 saturated heterocycles. The fraction of sp³-hybridized carbons (Fsp3) is 0.556. The number of carboxylic acids is 1. The molecule has 1 unspecified atom stereocenters. The van der Waals surface area contributed by atoms with Gasteiger partial charge in [-0.3, -0.25) is 0 Å². The highest BCUT2D eigenvalue weighted by Crippen LogP contribution is 2.11. The van der Waals surface area contributed by atoms with Gasteiger partial charge in [0, 0.05) is 6.04 Å². The topological polar surface area (TPSA) is 75.4 Å². The highest BCUT2D eigenvalue weighted by Gasteiger charge is 2.11. The van der Waals surface area contributed by atoms with Crippen molar-refractivity contribution in [2.75, 3.05) is 17.3 Å². The third-order valence-corrected chi connectivity index (χ3v) is 2.49. The van der Waals surface area contributed by atoms with Crippen molar-refractivity contribution in [3.63, 3.8) is 0 Å². The van der Waals surface area contributed by atoms with E-state index in [0.717, 1.165) is 18.4 Å². The Labute approximate surface area is 92.3 Å². The molecule has 1 atom stereocenters. The minimum atomic E-state index is -1.08. The van der Waals surface area contributed by atoms with Crippen molar-refractivity contribution >= 4 is 23.7 Å². The molecule has 15 heavy (non-hydrogen) atoms. The van der Waals surface area contributed by atoms with Crippen LogP contribution >= 0.6 is 11.8 Å². The molecule has 0 saturated carbocycles. The second-order valence-corrected chi connectivity index (χ2v) is 4.16. The number of rotatable bonds is 6. The molecule has 0 amide bonds. The molecule has 1 heterocycles. The van der Waals surface area contributed by atoms with Crippen molar-refractivity contribution in [1.29, 1.82) is 0 Å². The summed E-state index contributed by atoms with van der Waals surface area (Å²) in [6.45, 7) is 2.00. The first kappa shape index (κ1) is 11.9. The summed E-state index contributed by atoms with van der Waals surface area (Å²) in [5, 5.41) is 11.6. The fourth-order valence-corrected chi connectivity index (χ4v) is 1.61. The van der Waals surface area contributed by atoms with Crippen LogP contribution < -0.4 is 5.32 Å². The summed E-state index contributed by atoms with van der Waals surface area (Å²) in [5.74, 6) is -0.0377. The Morgan fingerprint density at radius 2 is 2.53 bits per heavy atom. The molecule has 2 N–H and O–H groups in total. The zero-order valence-electron chi connectivity index (χ0n) is 8.69. The molecular weight excluding hydrogens is 216 g/mol. The summed E-state index contributed by atoms with van der Waals surface area (Å²) in [5.41, 5.74) is -0.0745. The van der Waals surface area contributed by atoms with Gasteiger partial charge in [-0.05, 0) is 25.4 Å². The first-order valence-electron chi connectivity index (χ1n) is 4.57. The highest BCUT2D eigenvalue weighted by molar-refractivity contribution is 7.98. The summed E-state index contributed by atoms with van der Waals surface area (Å²) in [6, 6.07) is 0.485. The van der Waals surface area contributed by atoms with Gasteiger partial charge in [-0.25, -0.2) is 4.79 Å². The van der Waals surface area contributed by atoms with Crippen molar-refractivity contribution in [2.24, 2.45) is 0 Å². The van der Waals surface area contributed by atoms with Crippen LogP contribution in [0, 0.1) is 0 Å². The Morgan fingerprint density at radius 3 is 3.07 bits per heavy atom. The lowest BCUT2D eigenvalue weighted by atomic mass is 10.3. The molecule has 1 rings (SSSR count). The predicted octanol–water partition coefficient (Wildman–Crippen LogP) is 1.93. The summed E-state index contributed by atoms with van der Waals surface area (Å²) < 4.78 is 4.97. The van der Waals surface area contributed by atoms with Gasteiger partial charge in [-0.2, -0.15) is 16.7 Å². The van der Waals surface area contributed by atoms with Gasteiger partial charge in [0.1, 0.15) is 6.26 Å². The molecule has 1 aromatic rings. The minimum absolute atomic E-state index is 0.0745. The van der Waals surface area contributed by atoms with Gasteiger partial charge in [0.15, 0.2) is 5.69 Å². The second-order valence-electron chi connectivity index (χ2n) is 3.17. The number of aromatic nitrogens is 1. The fourth-order valence-electron chi connectivity index (χ4n) is 1.02. The Morgan fingerprint density at radius 1 is 1.80 bits per heavy atom. The van der Waals surface area contributed by atoms with E-state index in [-0.39, 0.29) is 17.8 Å². The lowest BCUT2D eigenvalue weighted by Gasteiger charge is -2.10. The van der Waals surface area contributed by atoms with Crippen LogP contribution in [-0.4, -0.2) is 34.1 Å². The average molecular weight is 230 g/mol. The number of nitrogens with zero attached hydrogens (tertiary/aromatic N) is 1. The number of hydrogen-bond acceptors (Lipinski definition) is 5. The molecule has 0 radical (unpaired) electrons. The summed E-state index contributed by atoms with van der Waals surface area (Å²) in [7, 11) is 0. The van der Waals surface area contributed by atoms with Crippen molar-refractivity contribution in [1.82, 2.24) is 4.98 Å². The van der Waals surface area contributed by atoms with Crippen molar-refractivity contribution < 1.29 is 14.3 Å². The predicted molar refractivity (Wildman–Crippen MR) is 59.5 cm³/mol. The molecule has 0 aromatic carbocycles. The van der Waals surface area contributed by atoms with E-state index in [9.17, 15) is 4.79 Å². The van der Waals surface area contributed by atoms with Gasteiger partial charge in [-0.1, -0.05) is 0 Å². The summed E-state index contributed by atoms with van der Waals surface area (Å²) in [4.78, 5) is 14.3. The van der Waals surface area contributed by atoms with Crippen molar-refractivity contribution in [3.05, 3.63) is 12.0 Å². The molecule has 5 nitrogen and oxygen atoms in total. The van der Waals surface area contributed by atoms with Gasteiger partial charge < -0.3 is 14.8 Å². The van der Waals surface area contributed by atoms with Crippen molar-refractivity contribution in [3.8, 4) is 0 Å². The number of carbonyl (C=O) groups is 1. The lowest BCUT2D eigenvalue weighted by Crippen LogP contribution is -2.16. The van der Waals surface area contributed by atoms with Gasteiger partial charge in [0.25, 0.3) is 6.01 Å². The smallest absolute Gasteiger partial charge is 0.357 e. The minimum Gasteiger partial charge on any atom is -0.476 e. The quantitative estimate of drug-likeness (QED) is 0.777. The number of thioether (sulfide) groups is 1. The van der Waals surface area contributed by atoms with E-state index in [1.165, 1.54) is 0 Å². The normalized spacial score (nSPS) is 12.4. The molecule has 0 fully saturated rings. The van der Waals surface area contributed by atoms with E-state index in [2.05, 4.69) is 10.3 Å². The zero-order chi connectivity index (χ0) is 11.3. The monoisotopic (exact) mass is 230 g/mol. The zero-order valence-corrected chi connectivity index (χ0v) is 9.50. The Kier molecular flexibility index (Phi) is 4.48. The number of carboxylic acid groups (broad SMARTS) is 1. The molecule has 0 aliphatic heterocycles. The van der Waals surface area contributed by atoms with Crippen LogP contribution in [0.25, 0.3) is 0 Å². The van der Waals surface area contributed by atoms with E-state index in [1.807, 2.05) is 13.2 Å². The average Bonchev–Trinajstić information content (AvgIpc) is 2.63. The van der Waals surface area contributed by atoms with Crippen LogP contribution in [0.1, 0.15) is 23.8 Å². The number of nitrogens with one attached hydrogen (secondary N) is 1. The lowest BCUT2D eigenvalue weighted by molar-refractivity contribution is 0.0690. The molecule has 0 aliphatic carbocycles. The van der Waals surface area contributed by atoms with Crippen molar-refractivity contribution in [2.45, 2.75) is 19.4 Å². The maximum absolute atomic E-state index is 10.5. The highest BCUT2D eigenvalue weighted by atomic mass is 32.2. The molecule has 0 bridgehead atoms.